The summed E-state index contributed by atoms with van der Waals surface area (Å²) in [4.78, 5) is 24.1. The lowest BCUT2D eigenvalue weighted by atomic mass is 10.0. The first-order chi connectivity index (χ1) is 16.2. The van der Waals surface area contributed by atoms with Gasteiger partial charge in [0.1, 0.15) is 5.58 Å². The highest BCUT2D eigenvalue weighted by Crippen LogP contribution is 2.36. The highest BCUT2D eigenvalue weighted by Gasteiger charge is 2.38. The molecule has 0 spiro atoms. The Kier molecular flexibility index (Phi) is 8.54. The van der Waals surface area contributed by atoms with Gasteiger partial charge in [-0.05, 0) is 17.7 Å². The second-order valence-electron chi connectivity index (χ2n) is 7.46. The van der Waals surface area contributed by atoms with Crippen LogP contribution in [-0.4, -0.2) is 67.3 Å². The Bertz CT molecular complexity index is 1130. The normalized spacial score (nSPS) is 14.4. The molecule has 0 bridgehead atoms. The molecule has 2 heterocycles. The topological polar surface area (TPSA) is 94.8 Å². The van der Waals surface area contributed by atoms with E-state index in [9.17, 15) is 18.0 Å². The fraction of sp³-hybridized carbons (Fsp3) is 0.304. The number of carbonyl (C=O) groups is 2. The first-order valence-corrected chi connectivity index (χ1v) is 10.8. The zero-order chi connectivity index (χ0) is 24.7. The van der Waals surface area contributed by atoms with Gasteiger partial charge < -0.3 is 20.2 Å². The van der Waals surface area contributed by atoms with Crippen LogP contribution in [0.5, 0.6) is 0 Å². The standard InChI is InChI=1S/C21H22ClN3O2.C2HF3O2/c22-16-6-7-17-18(14-16)27-20(19(17)15-4-2-1-3-5-15)21(26)24-10-13-25-11-8-23-9-12-25;3-2(4,5)1(6)7/h1-7,14,23H,8-13H2,(H,24,26);(H,6,7). The molecule has 1 saturated heterocycles. The number of hydrogen-bond acceptors (Lipinski definition) is 5. The molecular formula is C23H23ClF3N3O4. The Morgan fingerprint density at radius 2 is 1.76 bits per heavy atom. The van der Waals surface area contributed by atoms with Crippen LogP contribution in [-0.2, 0) is 4.79 Å². The van der Waals surface area contributed by atoms with Crippen LogP contribution in [0.2, 0.25) is 5.02 Å². The van der Waals surface area contributed by atoms with E-state index in [0.29, 0.717) is 22.9 Å². The van der Waals surface area contributed by atoms with E-state index in [4.69, 9.17) is 25.9 Å². The fourth-order valence-corrected chi connectivity index (χ4v) is 3.63. The lowest BCUT2D eigenvalue weighted by Crippen LogP contribution is -2.46. The average molecular weight is 498 g/mol. The van der Waals surface area contributed by atoms with E-state index in [2.05, 4.69) is 15.5 Å². The van der Waals surface area contributed by atoms with Crippen molar-refractivity contribution in [3.63, 3.8) is 0 Å². The molecule has 0 saturated carbocycles. The third kappa shape index (κ3) is 6.72. The number of alkyl halides is 3. The van der Waals surface area contributed by atoms with Crippen molar-refractivity contribution in [3.05, 3.63) is 59.3 Å². The number of amides is 1. The molecule has 0 radical (unpaired) electrons. The van der Waals surface area contributed by atoms with Gasteiger partial charge in [0.25, 0.3) is 5.91 Å². The number of nitrogens with one attached hydrogen (secondary N) is 2. The molecule has 2 aromatic carbocycles. The summed E-state index contributed by atoms with van der Waals surface area (Å²) in [6.45, 7) is 5.43. The van der Waals surface area contributed by atoms with E-state index >= 15 is 0 Å². The molecule has 0 unspecified atom stereocenters. The number of nitrogens with zero attached hydrogens (tertiary/aromatic N) is 1. The van der Waals surface area contributed by atoms with Crippen LogP contribution in [0, 0.1) is 0 Å². The van der Waals surface area contributed by atoms with Crippen molar-refractivity contribution in [2.24, 2.45) is 0 Å². The quantitative estimate of drug-likeness (QED) is 0.493. The van der Waals surface area contributed by atoms with Crippen molar-refractivity contribution in [1.82, 2.24) is 15.5 Å². The fourth-order valence-electron chi connectivity index (χ4n) is 3.46. The first kappa shape index (κ1) is 25.5. The van der Waals surface area contributed by atoms with E-state index in [0.717, 1.165) is 49.2 Å². The van der Waals surface area contributed by atoms with Gasteiger partial charge in [-0.25, -0.2) is 4.79 Å². The van der Waals surface area contributed by atoms with Gasteiger partial charge in [-0.2, -0.15) is 13.2 Å². The van der Waals surface area contributed by atoms with Gasteiger partial charge in [0, 0.05) is 61.3 Å². The molecule has 0 aliphatic carbocycles. The number of fused-ring (bicyclic) bond motifs is 1. The predicted octanol–water partition coefficient (Wildman–Crippen LogP) is 4.02. The molecule has 4 rings (SSSR count). The first-order valence-electron chi connectivity index (χ1n) is 10.5. The summed E-state index contributed by atoms with van der Waals surface area (Å²) in [6, 6.07) is 15.3. The van der Waals surface area contributed by atoms with Crippen LogP contribution in [0.15, 0.2) is 52.9 Å². The van der Waals surface area contributed by atoms with Crippen molar-refractivity contribution < 1.29 is 32.3 Å². The van der Waals surface area contributed by atoms with Crippen LogP contribution < -0.4 is 10.6 Å². The Morgan fingerprint density at radius 1 is 1.12 bits per heavy atom. The Balaban J connectivity index is 0.000000406. The van der Waals surface area contributed by atoms with Crippen LogP contribution in [0.4, 0.5) is 13.2 Å². The minimum Gasteiger partial charge on any atom is -0.475 e. The second-order valence-corrected chi connectivity index (χ2v) is 7.90. The van der Waals surface area contributed by atoms with E-state index in [1.54, 1.807) is 6.07 Å². The van der Waals surface area contributed by atoms with Crippen LogP contribution in [0.25, 0.3) is 22.1 Å². The SMILES string of the molecule is O=C(NCCN1CCNCC1)c1oc2cc(Cl)ccc2c1-c1ccccc1.O=C(O)C(F)(F)F. The maximum Gasteiger partial charge on any atom is 0.490 e. The number of hydrogen-bond donors (Lipinski definition) is 3. The summed E-state index contributed by atoms with van der Waals surface area (Å²) >= 11 is 6.10. The molecule has 1 aliphatic heterocycles. The minimum absolute atomic E-state index is 0.198. The maximum absolute atomic E-state index is 12.9. The van der Waals surface area contributed by atoms with Crippen molar-refractivity contribution in [3.8, 4) is 11.1 Å². The van der Waals surface area contributed by atoms with Crippen molar-refractivity contribution >= 4 is 34.4 Å². The second kappa shape index (κ2) is 11.4. The number of aliphatic carboxylic acids is 1. The minimum atomic E-state index is -5.08. The molecule has 1 amide bonds. The zero-order valence-electron chi connectivity index (χ0n) is 18.0. The molecule has 0 atom stereocenters. The third-order valence-electron chi connectivity index (χ3n) is 5.09. The summed E-state index contributed by atoms with van der Waals surface area (Å²) in [6.07, 6.45) is -5.08. The summed E-state index contributed by atoms with van der Waals surface area (Å²) in [7, 11) is 0. The predicted molar refractivity (Wildman–Crippen MR) is 122 cm³/mol. The van der Waals surface area contributed by atoms with Crippen molar-refractivity contribution in [2.45, 2.75) is 6.18 Å². The summed E-state index contributed by atoms with van der Waals surface area (Å²) in [5.41, 5.74) is 2.38. The number of benzene rings is 2. The number of carboxylic acid groups (broad SMARTS) is 1. The summed E-state index contributed by atoms with van der Waals surface area (Å²) < 4.78 is 37.7. The lowest BCUT2D eigenvalue weighted by Gasteiger charge is -2.27. The molecule has 11 heteroatoms. The molecule has 1 aromatic heterocycles. The largest absolute Gasteiger partial charge is 0.490 e. The highest BCUT2D eigenvalue weighted by molar-refractivity contribution is 6.31. The Morgan fingerprint density at radius 3 is 2.38 bits per heavy atom. The van der Waals surface area contributed by atoms with Crippen molar-refractivity contribution in [1.29, 1.82) is 0 Å². The highest BCUT2D eigenvalue weighted by atomic mass is 35.5. The van der Waals surface area contributed by atoms with Crippen LogP contribution in [0.1, 0.15) is 10.6 Å². The Hall–Kier alpha value is -3.08. The molecule has 7 nitrogen and oxygen atoms in total. The molecular weight excluding hydrogens is 475 g/mol. The van der Waals surface area contributed by atoms with Gasteiger partial charge in [0.15, 0.2) is 0 Å². The van der Waals surface area contributed by atoms with Gasteiger partial charge in [0.05, 0.1) is 0 Å². The van der Waals surface area contributed by atoms with Gasteiger partial charge in [-0.3, -0.25) is 9.69 Å². The zero-order valence-corrected chi connectivity index (χ0v) is 18.7. The number of carboxylic acids is 1. The molecule has 1 aliphatic rings. The van der Waals surface area contributed by atoms with Gasteiger partial charge in [-0.15, -0.1) is 0 Å². The van der Waals surface area contributed by atoms with Gasteiger partial charge in [-0.1, -0.05) is 41.9 Å². The average Bonchev–Trinajstić information content (AvgIpc) is 3.19. The maximum atomic E-state index is 12.9. The number of halogens is 4. The monoisotopic (exact) mass is 497 g/mol. The number of carbonyl (C=O) groups excluding carboxylic acids is 1. The van der Waals surface area contributed by atoms with Gasteiger partial charge >= 0.3 is 12.1 Å². The third-order valence-corrected chi connectivity index (χ3v) is 5.32. The van der Waals surface area contributed by atoms with Gasteiger partial charge in [0.2, 0.25) is 5.76 Å². The molecule has 34 heavy (non-hydrogen) atoms. The number of furan rings is 1. The smallest absolute Gasteiger partial charge is 0.475 e. The summed E-state index contributed by atoms with van der Waals surface area (Å²) in [5, 5.41) is 14.9. The van der Waals surface area contributed by atoms with E-state index in [1.165, 1.54) is 0 Å². The molecule has 1 fully saturated rings. The van der Waals surface area contributed by atoms with E-state index < -0.39 is 12.1 Å². The molecule has 3 aromatic rings. The molecule has 182 valence electrons. The lowest BCUT2D eigenvalue weighted by molar-refractivity contribution is -0.192. The molecule has 3 N–H and O–H groups in total. The summed E-state index contributed by atoms with van der Waals surface area (Å²) in [5.74, 6) is -2.62. The van der Waals surface area contributed by atoms with Crippen LogP contribution in [0.3, 0.4) is 0 Å². The Labute approximate surface area is 198 Å². The number of rotatable bonds is 5. The van der Waals surface area contributed by atoms with E-state index in [1.807, 2.05) is 42.5 Å². The van der Waals surface area contributed by atoms with Crippen molar-refractivity contribution in [2.75, 3.05) is 39.3 Å². The number of piperazine rings is 1. The van der Waals surface area contributed by atoms with Crippen LogP contribution >= 0.6 is 11.6 Å². The van der Waals surface area contributed by atoms with E-state index in [-0.39, 0.29) is 5.91 Å².